The first kappa shape index (κ1) is 69.7. The van der Waals surface area contributed by atoms with Crippen molar-refractivity contribution in [2.45, 2.75) is 137 Å². The van der Waals surface area contributed by atoms with Crippen LogP contribution in [-0.2, 0) is 28.5 Å². The normalized spacial score (nSPS) is 12.5. The molecule has 0 spiro atoms. The number of methoxy groups -OCH3 is 2. The zero-order chi connectivity index (χ0) is 56.8. The topological polar surface area (TPSA) is 225 Å². The number of carboxylic acids is 1. The van der Waals surface area contributed by atoms with Crippen LogP contribution in [0.3, 0.4) is 0 Å². The Morgan fingerprint density at radius 1 is 0.560 bits per heavy atom. The lowest BCUT2D eigenvalue weighted by Gasteiger charge is -2.28. The van der Waals surface area contributed by atoms with Crippen molar-refractivity contribution >= 4 is 94.8 Å². The van der Waals surface area contributed by atoms with Gasteiger partial charge in [-0.2, -0.15) is 0 Å². The number of alkyl carbamates (subject to hydrolysis) is 2. The number of halogens is 5. The summed E-state index contributed by atoms with van der Waals surface area (Å²) < 4.78 is 19.6. The van der Waals surface area contributed by atoms with E-state index in [1.807, 2.05) is 19.1 Å². The van der Waals surface area contributed by atoms with E-state index in [1.54, 1.807) is 97.0 Å². The van der Waals surface area contributed by atoms with Crippen molar-refractivity contribution in [3.8, 4) is 0 Å². The summed E-state index contributed by atoms with van der Waals surface area (Å²) in [5.74, 6) is -2.50. The van der Waals surface area contributed by atoms with Gasteiger partial charge in [-0.05, 0) is 173 Å². The summed E-state index contributed by atoms with van der Waals surface area (Å²) in [5, 5.41) is 18.1. The number of ether oxygens (including phenoxy) is 4. The molecule has 4 rings (SSSR count). The second-order valence-electron chi connectivity index (χ2n) is 19.2. The first-order valence-electron chi connectivity index (χ1n) is 23.5. The van der Waals surface area contributed by atoms with Gasteiger partial charge in [0, 0.05) is 38.2 Å². The number of esters is 2. The molecule has 0 aromatic heterocycles. The van der Waals surface area contributed by atoms with Crippen molar-refractivity contribution in [2.24, 2.45) is 5.73 Å². The number of aliphatic carboxylic acids is 1. The largest absolute Gasteiger partial charge is 0.479 e. The third-order valence-corrected chi connectivity index (χ3v) is 10.9. The Labute approximate surface area is 468 Å². The number of nitrogens with zero attached hydrogens (tertiary/aromatic N) is 1. The Balaban J connectivity index is 0.00000108. The lowest BCUT2D eigenvalue weighted by Crippen LogP contribution is -2.43. The summed E-state index contributed by atoms with van der Waals surface area (Å²) in [6.45, 7) is 26.2. The minimum absolute atomic E-state index is 0. The fourth-order valence-corrected chi connectivity index (χ4v) is 7.78. The van der Waals surface area contributed by atoms with Crippen LogP contribution in [0.1, 0.15) is 157 Å². The zero-order valence-corrected chi connectivity index (χ0v) is 49.1. The molecule has 0 saturated carbocycles. The molecule has 0 aliphatic heterocycles. The van der Waals surface area contributed by atoms with Crippen LogP contribution in [0.4, 0.5) is 9.59 Å². The lowest BCUT2D eigenvalue weighted by molar-refractivity contribution is -0.139. The molecule has 0 heterocycles. The quantitative estimate of drug-likeness (QED) is 0.0586. The van der Waals surface area contributed by atoms with Crippen LogP contribution in [0.25, 0.3) is 0 Å². The van der Waals surface area contributed by atoms with Gasteiger partial charge >= 0.3 is 30.1 Å². The highest BCUT2D eigenvalue weighted by molar-refractivity contribution is 6.35. The molecule has 6 N–H and O–H groups in total. The van der Waals surface area contributed by atoms with Gasteiger partial charge in [-0.15, -0.1) is 12.4 Å². The van der Waals surface area contributed by atoms with Crippen molar-refractivity contribution in [2.75, 3.05) is 20.8 Å². The van der Waals surface area contributed by atoms with Crippen LogP contribution in [0.2, 0.25) is 20.1 Å². The molecular formula is C54H74Cl5N5O11. The van der Waals surface area contributed by atoms with Gasteiger partial charge in [0.1, 0.15) is 17.2 Å². The molecule has 4 atom stereocenters. The van der Waals surface area contributed by atoms with Crippen LogP contribution in [0.15, 0.2) is 84.9 Å². The summed E-state index contributed by atoms with van der Waals surface area (Å²) in [7, 11) is 2.67. The number of carbonyl (C=O) groups excluding carboxylic acids is 5. The Morgan fingerprint density at radius 3 is 1.17 bits per heavy atom. The standard InChI is InChI=1S/C23H26Cl2N2O5.C13H15Cl2NO4.C10H13NO2.C8H19N.ClH/c1-13(14-6-8-15(9-7-14)21(29)31-5)26-20(28)19(27-22(30)32-23(2,3)4)16-10-17(24)12-18(25)11-16;1-13(2,3)20-12(19)16-10(11(17)18)7-4-8(14)6-9(15)5-7;1-7(11)8-3-5-9(6-4-8)10(12)13-2;1-6-9(7(2)3)8(4)5;/h6-13,19H,1-5H3,(H,26,28)(H,27,30);4-6,10H,1-3H3,(H,16,19)(H,17,18);3-7H,11H2,1-2H3;7-8H,6H2,1-5H3;1H/t13-,19?;;7-;;/m1.1../s1. The molecule has 21 heteroatoms. The van der Waals surface area contributed by atoms with E-state index in [1.165, 1.54) is 38.5 Å². The summed E-state index contributed by atoms with van der Waals surface area (Å²) in [5.41, 5.74) is 7.56. The summed E-state index contributed by atoms with van der Waals surface area (Å²) in [4.78, 5) is 73.5. The minimum atomic E-state index is -1.29. The van der Waals surface area contributed by atoms with Gasteiger partial charge in [0.25, 0.3) is 0 Å². The Kier molecular flexibility index (Phi) is 30.6. The number of carboxylic acid groups (broad SMARTS) is 1. The monoisotopic (exact) mass is 1140 g/mol. The van der Waals surface area contributed by atoms with Crippen LogP contribution in [0, 0.1) is 0 Å². The fraction of sp³-hybridized carbons (Fsp3) is 0.444. The van der Waals surface area contributed by atoms with E-state index in [2.05, 4.69) is 60.2 Å². The predicted molar refractivity (Wildman–Crippen MR) is 299 cm³/mol. The Bertz CT molecular complexity index is 2410. The van der Waals surface area contributed by atoms with Crippen LogP contribution in [-0.4, -0.2) is 90.1 Å². The molecule has 75 heavy (non-hydrogen) atoms. The van der Waals surface area contributed by atoms with Crippen LogP contribution < -0.4 is 21.7 Å². The molecule has 4 aromatic carbocycles. The highest BCUT2D eigenvalue weighted by atomic mass is 35.5. The maximum absolute atomic E-state index is 13.1. The highest BCUT2D eigenvalue weighted by Crippen LogP contribution is 2.27. The van der Waals surface area contributed by atoms with Crippen LogP contribution in [0.5, 0.6) is 0 Å². The second-order valence-corrected chi connectivity index (χ2v) is 20.9. The number of rotatable bonds is 14. The maximum atomic E-state index is 13.1. The molecule has 0 aliphatic rings. The number of benzene rings is 4. The van der Waals surface area contributed by atoms with Gasteiger partial charge in [-0.3, -0.25) is 9.69 Å². The van der Waals surface area contributed by atoms with Gasteiger partial charge in [-0.25, -0.2) is 24.0 Å². The number of amides is 3. The minimum Gasteiger partial charge on any atom is -0.479 e. The van der Waals surface area contributed by atoms with E-state index >= 15 is 0 Å². The number of hydrogen-bond donors (Lipinski definition) is 5. The van der Waals surface area contributed by atoms with Crippen molar-refractivity contribution < 1.29 is 52.8 Å². The van der Waals surface area contributed by atoms with E-state index in [4.69, 9.17) is 66.3 Å². The molecular weight excluding hydrogens is 1070 g/mol. The van der Waals surface area contributed by atoms with Crippen molar-refractivity contribution in [1.82, 2.24) is 20.9 Å². The SMILES string of the molecule is CC(C)(C)OC(=O)NC(C(=O)O)c1cc(Cl)cc(Cl)c1.CCN(C(C)C)C(C)C.COC(=O)c1ccc([C@@H](C)N)cc1.COC(=O)c1ccc([C@@H](C)NC(=O)C(NC(=O)OC(C)(C)C)c2cc(Cl)cc(Cl)c2)cc1.Cl. The molecule has 2 unspecified atom stereocenters. The number of nitrogens with one attached hydrogen (secondary N) is 3. The van der Waals surface area contributed by atoms with Gasteiger partial charge in [0.2, 0.25) is 5.91 Å². The van der Waals surface area contributed by atoms with Crippen molar-refractivity contribution in [1.29, 1.82) is 0 Å². The molecule has 3 amide bonds. The van der Waals surface area contributed by atoms with E-state index < -0.39 is 59.4 Å². The summed E-state index contributed by atoms with van der Waals surface area (Å²) in [6, 6.07) is 21.2. The lowest BCUT2D eigenvalue weighted by atomic mass is 10.0. The summed E-state index contributed by atoms with van der Waals surface area (Å²) >= 11 is 23.8. The predicted octanol–water partition coefficient (Wildman–Crippen LogP) is 12.9. The molecule has 0 saturated heterocycles. The number of carbonyl (C=O) groups is 6. The first-order valence-corrected chi connectivity index (χ1v) is 25.0. The molecule has 16 nitrogen and oxygen atoms in total. The number of hydrogen-bond acceptors (Lipinski definition) is 12. The van der Waals surface area contributed by atoms with E-state index in [-0.39, 0.29) is 40.0 Å². The van der Waals surface area contributed by atoms with Crippen molar-refractivity contribution in [3.05, 3.63) is 138 Å². The maximum Gasteiger partial charge on any atom is 0.408 e. The van der Waals surface area contributed by atoms with E-state index in [0.717, 1.165) is 17.7 Å². The van der Waals surface area contributed by atoms with Crippen LogP contribution >= 0.6 is 58.8 Å². The second kappa shape index (κ2) is 33.0. The molecule has 0 radical (unpaired) electrons. The van der Waals surface area contributed by atoms with Gasteiger partial charge in [0.05, 0.1) is 31.4 Å². The molecule has 0 bridgehead atoms. The molecule has 0 fully saturated rings. The zero-order valence-electron chi connectivity index (χ0n) is 45.2. The Hall–Kier alpha value is -5.33. The smallest absolute Gasteiger partial charge is 0.408 e. The summed E-state index contributed by atoms with van der Waals surface area (Å²) in [6.07, 6.45) is -1.59. The number of nitrogens with two attached hydrogens (primary N) is 1. The average molecular weight is 1150 g/mol. The molecule has 416 valence electrons. The molecule has 4 aromatic rings. The van der Waals surface area contributed by atoms with E-state index in [9.17, 15) is 33.9 Å². The van der Waals surface area contributed by atoms with E-state index in [0.29, 0.717) is 38.8 Å². The first-order chi connectivity index (χ1) is 34.2. The molecule has 0 aliphatic carbocycles. The third kappa shape index (κ3) is 26.8. The average Bonchev–Trinajstić information content (AvgIpc) is 3.28. The van der Waals surface area contributed by atoms with Gasteiger partial charge < -0.3 is 45.7 Å². The third-order valence-electron chi connectivity index (χ3n) is 10.0. The van der Waals surface area contributed by atoms with Crippen molar-refractivity contribution in [3.63, 3.8) is 0 Å². The van der Waals surface area contributed by atoms with Gasteiger partial charge in [0.15, 0.2) is 6.04 Å². The van der Waals surface area contributed by atoms with Gasteiger partial charge in [-0.1, -0.05) is 77.6 Å². The fourth-order valence-electron chi connectivity index (χ4n) is 6.70. The highest BCUT2D eigenvalue weighted by Gasteiger charge is 2.29. The Morgan fingerprint density at radius 2 is 0.893 bits per heavy atom.